The van der Waals surface area contributed by atoms with Crippen LogP contribution in [0.2, 0.25) is 0 Å². The summed E-state index contributed by atoms with van der Waals surface area (Å²) in [6, 6.07) is 0.266. The first kappa shape index (κ1) is 14.5. The molecule has 4 heteroatoms. The Morgan fingerprint density at radius 3 is 2.82 bits per heavy atom. The van der Waals surface area contributed by atoms with Gasteiger partial charge in [-0.05, 0) is 12.8 Å². The lowest BCUT2D eigenvalue weighted by molar-refractivity contribution is -0.132. The number of carbonyl (C=O) groups excluding carboxylic acids is 1. The highest BCUT2D eigenvalue weighted by Crippen LogP contribution is 2.16. The molecule has 0 spiro atoms. The first-order valence-electron chi connectivity index (χ1n) is 6.77. The summed E-state index contributed by atoms with van der Waals surface area (Å²) in [5, 5.41) is 3.31. The van der Waals surface area contributed by atoms with Gasteiger partial charge in [-0.3, -0.25) is 10.1 Å². The second-order valence-corrected chi connectivity index (χ2v) is 4.76. The molecule has 0 aromatic rings. The average Bonchev–Trinajstić information content (AvgIpc) is 2.68. The Labute approximate surface area is 105 Å². The molecule has 1 saturated heterocycles. The summed E-state index contributed by atoms with van der Waals surface area (Å²) in [7, 11) is 1.70. The van der Waals surface area contributed by atoms with Gasteiger partial charge in [-0.25, -0.2) is 0 Å². The van der Waals surface area contributed by atoms with Gasteiger partial charge in [-0.1, -0.05) is 33.1 Å². The van der Waals surface area contributed by atoms with Gasteiger partial charge in [0.2, 0.25) is 5.91 Å². The molecule has 1 amide bonds. The van der Waals surface area contributed by atoms with Crippen molar-refractivity contribution in [2.24, 2.45) is 0 Å². The molecule has 0 aliphatic carbocycles. The largest absolute Gasteiger partial charge is 0.383 e. The fraction of sp³-hybridized carbons (Fsp3) is 0.923. The lowest BCUT2D eigenvalue weighted by Gasteiger charge is -2.26. The van der Waals surface area contributed by atoms with Gasteiger partial charge < -0.3 is 9.64 Å². The third-order valence-corrected chi connectivity index (χ3v) is 3.36. The van der Waals surface area contributed by atoms with Gasteiger partial charge >= 0.3 is 0 Å². The summed E-state index contributed by atoms with van der Waals surface area (Å²) in [5.74, 6) is 0.258. The summed E-state index contributed by atoms with van der Waals surface area (Å²) in [6.07, 6.45) is 5.30. The second kappa shape index (κ2) is 7.67. The van der Waals surface area contributed by atoms with Gasteiger partial charge in [0.25, 0.3) is 0 Å². The third-order valence-electron chi connectivity index (χ3n) is 3.36. The second-order valence-electron chi connectivity index (χ2n) is 4.76. The molecular formula is C13H26N2O2. The van der Waals surface area contributed by atoms with Crippen LogP contribution in [0.4, 0.5) is 0 Å². The van der Waals surface area contributed by atoms with Gasteiger partial charge in [0, 0.05) is 7.11 Å². The number of amides is 1. The Kier molecular flexibility index (Phi) is 6.52. The lowest BCUT2D eigenvalue weighted by Crippen LogP contribution is -2.41. The van der Waals surface area contributed by atoms with Crippen molar-refractivity contribution in [1.29, 1.82) is 0 Å². The minimum Gasteiger partial charge on any atom is -0.383 e. The van der Waals surface area contributed by atoms with Crippen LogP contribution < -0.4 is 5.32 Å². The molecule has 4 nitrogen and oxygen atoms in total. The molecule has 0 aromatic carbocycles. The van der Waals surface area contributed by atoms with E-state index in [1.807, 2.05) is 4.90 Å². The monoisotopic (exact) mass is 242 g/mol. The van der Waals surface area contributed by atoms with Crippen molar-refractivity contribution in [2.45, 2.75) is 58.0 Å². The van der Waals surface area contributed by atoms with Crippen LogP contribution in [0.3, 0.4) is 0 Å². The van der Waals surface area contributed by atoms with Gasteiger partial charge in [-0.2, -0.15) is 0 Å². The fourth-order valence-electron chi connectivity index (χ4n) is 2.37. The Morgan fingerprint density at radius 1 is 1.47 bits per heavy atom. The minimum atomic E-state index is 0.0335. The molecule has 0 radical (unpaired) electrons. The molecule has 1 aliphatic heterocycles. The third kappa shape index (κ3) is 3.96. The molecule has 0 saturated carbocycles. The predicted octanol–water partition coefficient (Wildman–Crippen LogP) is 1.75. The van der Waals surface area contributed by atoms with Crippen molar-refractivity contribution in [2.75, 3.05) is 20.4 Å². The number of nitrogens with one attached hydrogen (secondary N) is 1. The molecule has 0 aromatic heterocycles. The summed E-state index contributed by atoms with van der Waals surface area (Å²) < 4.78 is 5.21. The Balaban J connectivity index is 2.50. The van der Waals surface area contributed by atoms with Gasteiger partial charge in [-0.15, -0.1) is 0 Å². The fourth-order valence-corrected chi connectivity index (χ4v) is 2.37. The summed E-state index contributed by atoms with van der Waals surface area (Å²) >= 11 is 0. The molecule has 2 unspecified atom stereocenters. The first-order valence-corrected chi connectivity index (χ1v) is 6.77. The number of hydrogen-bond acceptors (Lipinski definition) is 3. The van der Waals surface area contributed by atoms with Crippen molar-refractivity contribution < 1.29 is 9.53 Å². The SMILES string of the molecule is CCCCC1NCN(C(CCC)COC)C1=O. The van der Waals surface area contributed by atoms with Crippen molar-refractivity contribution in [3.05, 3.63) is 0 Å². The standard InChI is InChI=1S/C13H26N2O2/c1-4-6-8-12-13(16)15(10-14-12)11(7-5-2)9-17-3/h11-12,14H,4-10H2,1-3H3. The normalized spacial score (nSPS) is 22.2. The van der Waals surface area contributed by atoms with E-state index in [-0.39, 0.29) is 18.0 Å². The van der Waals surface area contributed by atoms with Crippen molar-refractivity contribution >= 4 is 5.91 Å². The Bertz CT molecular complexity index is 227. The summed E-state index contributed by atoms with van der Waals surface area (Å²) in [4.78, 5) is 14.2. The van der Waals surface area contributed by atoms with Crippen LogP contribution in [0.15, 0.2) is 0 Å². The highest BCUT2D eigenvalue weighted by molar-refractivity contribution is 5.84. The summed E-state index contributed by atoms with van der Waals surface area (Å²) in [5.41, 5.74) is 0. The van der Waals surface area contributed by atoms with Crippen molar-refractivity contribution in [3.8, 4) is 0 Å². The van der Waals surface area contributed by atoms with Crippen LogP contribution in [0.1, 0.15) is 46.0 Å². The highest BCUT2D eigenvalue weighted by atomic mass is 16.5. The zero-order valence-corrected chi connectivity index (χ0v) is 11.4. The Morgan fingerprint density at radius 2 is 2.24 bits per heavy atom. The quantitative estimate of drug-likeness (QED) is 0.705. The maximum absolute atomic E-state index is 12.2. The van der Waals surface area contributed by atoms with Crippen molar-refractivity contribution in [1.82, 2.24) is 10.2 Å². The predicted molar refractivity (Wildman–Crippen MR) is 68.7 cm³/mol. The number of ether oxygens (including phenoxy) is 1. The average molecular weight is 242 g/mol. The number of unbranched alkanes of at least 4 members (excludes halogenated alkanes) is 1. The summed E-state index contributed by atoms with van der Waals surface area (Å²) in [6.45, 7) is 5.62. The van der Waals surface area contributed by atoms with Gasteiger partial charge in [0.15, 0.2) is 0 Å². The molecule has 100 valence electrons. The molecule has 1 fully saturated rings. The van der Waals surface area contributed by atoms with E-state index >= 15 is 0 Å². The topological polar surface area (TPSA) is 41.6 Å². The molecule has 1 heterocycles. The zero-order chi connectivity index (χ0) is 12.7. The Hall–Kier alpha value is -0.610. The molecule has 1 N–H and O–H groups in total. The van der Waals surface area contributed by atoms with Crippen LogP contribution >= 0.6 is 0 Å². The number of methoxy groups -OCH3 is 1. The number of hydrogen-bond donors (Lipinski definition) is 1. The van der Waals surface area contributed by atoms with Crippen LogP contribution in [-0.4, -0.2) is 43.3 Å². The van der Waals surface area contributed by atoms with Crippen LogP contribution in [0, 0.1) is 0 Å². The molecule has 17 heavy (non-hydrogen) atoms. The van der Waals surface area contributed by atoms with E-state index in [1.54, 1.807) is 7.11 Å². The van der Waals surface area contributed by atoms with E-state index in [0.29, 0.717) is 13.3 Å². The lowest BCUT2D eigenvalue weighted by atomic mass is 10.1. The molecule has 1 aliphatic rings. The maximum Gasteiger partial charge on any atom is 0.241 e. The van der Waals surface area contributed by atoms with Crippen LogP contribution in [0.25, 0.3) is 0 Å². The van der Waals surface area contributed by atoms with E-state index in [0.717, 1.165) is 32.1 Å². The van der Waals surface area contributed by atoms with Crippen molar-refractivity contribution in [3.63, 3.8) is 0 Å². The van der Waals surface area contributed by atoms with E-state index in [9.17, 15) is 4.79 Å². The zero-order valence-electron chi connectivity index (χ0n) is 11.4. The number of nitrogens with zero attached hydrogens (tertiary/aromatic N) is 1. The number of carbonyl (C=O) groups is 1. The minimum absolute atomic E-state index is 0.0335. The highest BCUT2D eigenvalue weighted by Gasteiger charge is 2.34. The molecule has 0 bridgehead atoms. The van der Waals surface area contributed by atoms with E-state index in [1.165, 1.54) is 0 Å². The smallest absolute Gasteiger partial charge is 0.241 e. The molecule has 2 atom stereocenters. The van der Waals surface area contributed by atoms with Crippen LogP contribution in [0.5, 0.6) is 0 Å². The van der Waals surface area contributed by atoms with Crippen LogP contribution in [-0.2, 0) is 9.53 Å². The first-order chi connectivity index (χ1) is 8.24. The van der Waals surface area contributed by atoms with Gasteiger partial charge in [0.05, 0.1) is 25.4 Å². The van der Waals surface area contributed by atoms with E-state index < -0.39 is 0 Å². The van der Waals surface area contributed by atoms with E-state index in [4.69, 9.17) is 4.74 Å². The van der Waals surface area contributed by atoms with Gasteiger partial charge in [0.1, 0.15) is 0 Å². The van der Waals surface area contributed by atoms with E-state index in [2.05, 4.69) is 19.2 Å². The number of rotatable bonds is 8. The maximum atomic E-state index is 12.2. The molecular weight excluding hydrogens is 216 g/mol. The molecule has 1 rings (SSSR count).